The van der Waals surface area contributed by atoms with Crippen LogP contribution < -0.4 is 0 Å². The van der Waals surface area contributed by atoms with Crippen LogP contribution in [0.4, 0.5) is 4.39 Å². The molecule has 0 unspecified atom stereocenters. The molecule has 0 atom stereocenters. The van der Waals surface area contributed by atoms with E-state index in [2.05, 4.69) is 19.4 Å². The van der Waals surface area contributed by atoms with Crippen LogP contribution in [0.2, 0.25) is 9.36 Å². The summed E-state index contributed by atoms with van der Waals surface area (Å²) in [5.74, 6) is -0.241. The molecule has 1 saturated heterocycles. The maximum atomic E-state index is 13.8. The zero-order chi connectivity index (χ0) is 15.5. The van der Waals surface area contributed by atoms with E-state index < -0.39 is 0 Å². The molecule has 8 heteroatoms. The van der Waals surface area contributed by atoms with Gasteiger partial charge in [0.2, 0.25) is 0 Å². The average molecular weight is 361 g/mol. The van der Waals surface area contributed by atoms with Crippen LogP contribution in [-0.4, -0.2) is 45.6 Å². The summed E-state index contributed by atoms with van der Waals surface area (Å²) in [5, 5.41) is 4.52. The molecule has 0 radical (unpaired) electrons. The lowest BCUT2D eigenvalue weighted by Crippen LogP contribution is -2.45. The molecule has 1 aliphatic rings. The molecule has 118 valence electrons. The number of benzene rings is 1. The number of halogens is 3. The average Bonchev–Trinajstić information content (AvgIpc) is 2.90. The molecule has 0 spiro atoms. The van der Waals surface area contributed by atoms with E-state index in [0.29, 0.717) is 28.0 Å². The van der Waals surface area contributed by atoms with Gasteiger partial charge < -0.3 is 0 Å². The minimum atomic E-state index is -0.241. The molecular weight excluding hydrogens is 346 g/mol. The van der Waals surface area contributed by atoms with Gasteiger partial charge in [-0.3, -0.25) is 9.80 Å². The van der Waals surface area contributed by atoms with E-state index in [9.17, 15) is 4.39 Å². The van der Waals surface area contributed by atoms with E-state index in [1.807, 2.05) is 0 Å². The molecule has 0 saturated carbocycles. The van der Waals surface area contributed by atoms with Crippen molar-refractivity contribution in [2.75, 3.05) is 26.2 Å². The molecule has 0 aliphatic carbocycles. The summed E-state index contributed by atoms with van der Waals surface area (Å²) >= 11 is 13.3. The quantitative estimate of drug-likeness (QED) is 0.837. The van der Waals surface area contributed by atoms with Gasteiger partial charge in [-0.25, -0.2) is 4.39 Å². The first-order chi connectivity index (χ1) is 10.6. The van der Waals surface area contributed by atoms with Gasteiger partial charge in [0.25, 0.3) is 0 Å². The highest BCUT2D eigenvalue weighted by Crippen LogP contribution is 2.22. The Labute approximate surface area is 142 Å². The van der Waals surface area contributed by atoms with Crippen LogP contribution in [0.5, 0.6) is 0 Å². The van der Waals surface area contributed by atoms with E-state index in [-0.39, 0.29) is 5.82 Å². The number of piperazine rings is 1. The van der Waals surface area contributed by atoms with Crippen molar-refractivity contribution in [1.29, 1.82) is 0 Å². The van der Waals surface area contributed by atoms with Crippen LogP contribution >= 0.6 is 34.7 Å². The van der Waals surface area contributed by atoms with E-state index in [1.165, 1.54) is 17.6 Å². The highest BCUT2D eigenvalue weighted by molar-refractivity contribution is 7.10. The fourth-order valence-corrected chi connectivity index (χ4v) is 3.35. The predicted molar refractivity (Wildman–Crippen MR) is 86.9 cm³/mol. The summed E-state index contributed by atoms with van der Waals surface area (Å²) in [6.07, 6.45) is 0. The van der Waals surface area contributed by atoms with Crippen molar-refractivity contribution in [3.05, 3.63) is 44.6 Å². The van der Waals surface area contributed by atoms with Crippen LogP contribution in [0.15, 0.2) is 18.2 Å². The molecule has 0 N–H and O–H groups in total. The molecule has 0 bridgehead atoms. The molecule has 4 nitrogen and oxygen atoms in total. The Kier molecular flexibility index (Phi) is 5.25. The summed E-state index contributed by atoms with van der Waals surface area (Å²) in [6, 6.07) is 4.81. The summed E-state index contributed by atoms with van der Waals surface area (Å²) in [5.41, 5.74) is 1.40. The Morgan fingerprint density at radius 2 is 1.77 bits per heavy atom. The van der Waals surface area contributed by atoms with E-state index >= 15 is 0 Å². The Hall–Kier alpha value is -0.790. The summed E-state index contributed by atoms with van der Waals surface area (Å²) in [6.45, 7) is 4.75. The van der Waals surface area contributed by atoms with Gasteiger partial charge in [-0.2, -0.15) is 0 Å². The number of rotatable bonds is 4. The zero-order valence-electron chi connectivity index (χ0n) is 11.8. The van der Waals surface area contributed by atoms with E-state index in [1.54, 1.807) is 12.1 Å². The highest BCUT2D eigenvalue weighted by Gasteiger charge is 2.20. The van der Waals surface area contributed by atoms with Gasteiger partial charge in [-0.15, -0.1) is 5.10 Å². The van der Waals surface area contributed by atoms with Crippen LogP contribution in [-0.2, 0) is 13.1 Å². The summed E-state index contributed by atoms with van der Waals surface area (Å²) in [7, 11) is 0. The van der Waals surface area contributed by atoms with E-state index in [0.717, 1.165) is 31.9 Å². The largest absolute Gasteiger partial charge is 0.296 e. The predicted octanol–water partition coefficient (Wildman–Crippen LogP) is 3.30. The van der Waals surface area contributed by atoms with Gasteiger partial charge in [0.15, 0.2) is 0 Å². The molecule has 22 heavy (non-hydrogen) atoms. The Balaban J connectivity index is 1.55. The SMILES string of the molecule is Fc1cccc(Cl)c1CN1CCN(Cc2nnsc2Cl)CC1. The zero-order valence-corrected chi connectivity index (χ0v) is 14.1. The van der Waals surface area contributed by atoms with Crippen LogP contribution in [0.3, 0.4) is 0 Å². The minimum absolute atomic E-state index is 0.241. The second-order valence-corrected chi connectivity index (χ2v) is 7.01. The minimum Gasteiger partial charge on any atom is -0.296 e. The molecule has 2 heterocycles. The van der Waals surface area contributed by atoms with Crippen molar-refractivity contribution >= 4 is 34.7 Å². The van der Waals surface area contributed by atoms with Gasteiger partial charge in [0, 0.05) is 61.4 Å². The Bertz CT molecular complexity index is 623. The van der Waals surface area contributed by atoms with Crippen LogP contribution in [0.25, 0.3) is 0 Å². The van der Waals surface area contributed by atoms with Crippen molar-refractivity contribution in [1.82, 2.24) is 19.4 Å². The van der Waals surface area contributed by atoms with Crippen molar-refractivity contribution in [2.45, 2.75) is 13.1 Å². The first kappa shape index (κ1) is 16.1. The number of hydrogen-bond donors (Lipinski definition) is 0. The molecular formula is C14H15Cl2FN4S. The lowest BCUT2D eigenvalue weighted by atomic mass is 10.2. The van der Waals surface area contributed by atoms with Crippen molar-refractivity contribution < 1.29 is 4.39 Å². The van der Waals surface area contributed by atoms with Gasteiger partial charge >= 0.3 is 0 Å². The Morgan fingerprint density at radius 3 is 2.36 bits per heavy atom. The Morgan fingerprint density at radius 1 is 1.09 bits per heavy atom. The lowest BCUT2D eigenvalue weighted by Gasteiger charge is -2.34. The summed E-state index contributed by atoms with van der Waals surface area (Å²) in [4.78, 5) is 4.49. The van der Waals surface area contributed by atoms with Gasteiger partial charge in [-0.1, -0.05) is 33.8 Å². The first-order valence-corrected chi connectivity index (χ1v) is 8.51. The molecule has 3 rings (SSSR count). The van der Waals surface area contributed by atoms with Crippen molar-refractivity contribution in [2.24, 2.45) is 0 Å². The monoisotopic (exact) mass is 360 g/mol. The molecule has 0 amide bonds. The fraction of sp³-hybridized carbons (Fsp3) is 0.429. The van der Waals surface area contributed by atoms with Crippen LogP contribution in [0, 0.1) is 5.82 Å². The van der Waals surface area contributed by atoms with E-state index in [4.69, 9.17) is 23.2 Å². The van der Waals surface area contributed by atoms with Gasteiger partial charge in [0.05, 0.1) is 0 Å². The summed E-state index contributed by atoms with van der Waals surface area (Å²) < 4.78 is 18.3. The topological polar surface area (TPSA) is 32.3 Å². The first-order valence-electron chi connectivity index (χ1n) is 6.98. The third-order valence-corrected chi connectivity index (χ3v) is 5.13. The number of nitrogens with zero attached hydrogens (tertiary/aromatic N) is 4. The highest BCUT2D eigenvalue weighted by atomic mass is 35.5. The maximum Gasteiger partial charge on any atom is 0.138 e. The van der Waals surface area contributed by atoms with Crippen molar-refractivity contribution in [3.63, 3.8) is 0 Å². The fourth-order valence-electron chi connectivity index (χ4n) is 2.52. The standard InChI is InChI=1S/C14H15Cl2FN4S/c15-11-2-1-3-12(17)10(11)8-20-4-6-21(7-5-20)9-13-14(16)22-19-18-13/h1-3H,4-9H2. The van der Waals surface area contributed by atoms with Gasteiger partial charge in [0.1, 0.15) is 15.8 Å². The molecule has 1 aromatic carbocycles. The second kappa shape index (κ2) is 7.19. The molecule has 1 fully saturated rings. The lowest BCUT2D eigenvalue weighted by molar-refractivity contribution is 0.120. The maximum absolute atomic E-state index is 13.8. The third-order valence-electron chi connectivity index (χ3n) is 3.79. The molecule has 1 aromatic heterocycles. The smallest absolute Gasteiger partial charge is 0.138 e. The van der Waals surface area contributed by atoms with Gasteiger partial charge in [-0.05, 0) is 12.1 Å². The molecule has 2 aromatic rings. The third kappa shape index (κ3) is 3.75. The number of hydrogen-bond acceptors (Lipinski definition) is 5. The van der Waals surface area contributed by atoms with Crippen LogP contribution in [0.1, 0.15) is 11.3 Å². The second-order valence-electron chi connectivity index (χ2n) is 5.25. The normalized spacial score (nSPS) is 17.0. The number of aromatic nitrogens is 2. The van der Waals surface area contributed by atoms with Crippen molar-refractivity contribution in [3.8, 4) is 0 Å². The molecule has 1 aliphatic heterocycles.